The van der Waals surface area contributed by atoms with Gasteiger partial charge in [0.2, 0.25) is 0 Å². The van der Waals surface area contributed by atoms with Crippen molar-refractivity contribution in [2.75, 3.05) is 0 Å². The minimum atomic E-state index is 0.106. The first kappa shape index (κ1) is 14.8. The Bertz CT molecular complexity index is 334. The summed E-state index contributed by atoms with van der Waals surface area (Å²) < 4.78 is 0. The molecule has 2 heteroatoms. The Kier molecular flexibility index (Phi) is 7.19. The molecule has 1 N–H and O–H groups in total. The largest absolute Gasteiger partial charge is 0.271 e. The molecule has 1 unspecified atom stereocenters. The summed E-state index contributed by atoms with van der Waals surface area (Å²) in [7, 11) is 0. The van der Waals surface area contributed by atoms with Crippen LogP contribution in [0.15, 0.2) is 42.6 Å². The van der Waals surface area contributed by atoms with Crippen LogP contribution in [0.2, 0.25) is 0 Å². The highest BCUT2D eigenvalue weighted by molar-refractivity contribution is 5.17. The fourth-order valence-corrected chi connectivity index (χ4v) is 1.82. The molecule has 18 heavy (non-hydrogen) atoms. The molecular weight excluding hydrogens is 222 g/mol. The number of unbranched alkanes of at least 4 members (excludes halogenated alkanes) is 1. The van der Waals surface area contributed by atoms with Gasteiger partial charge in [0.05, 0.1) is 0 Å². The van der Waals surface area contributed by atoms with Gasteiger partial charge < -0.3 is 0 Å². The fourth-order valence-electron chi connectivity index (χ4n) is 1.82. The van der Waals surface area contributed by atoms with Crippen LogP contribution in [0.4, 0.5) is 0 Å². The summed E-state index contributed by atoms with van der Waals surface area (Å²) in [6, 6.07) is 10.3. The highest BCUT2D eigenvalue weighted by Crippen LogP contribution is 2.21. The van der Waals surface area contributed by atoms with Gasteiger partial charge in [-0.25, -0.2) is 0 Å². The van der Waals surface area contributed by atoms with Crippen LogP contribution in [-0.4, -0.2) is 0 Å². The van der Waals surface area contributed by atoms with E-state index in [0.29, 0.717) is 0 Å². The minimum absolute atomic E-state index is 0.106. The number of hydrogen-bond donors (Lipinski definition) is 1. The second-order valence-corrected chi connectivity index (χ2v) is 4.62. The molecule has 0 aliphatic rings. The van der Waals surface area contributed by atoms with Crippen molar-refractivity contribution in [1.82, 2.24) is 5.48 Å². The van der Waals surface area contributed by atoms with Gasteiger partial charge in [-0.05, 0) is 24.8 Å². The quantitative estimate of drug-likeness (QED) is 0.636. The molecule has 1 atom stereocenters. The van der Waals surface area contributed by atoms with Crippen LogP contribution in [0.25, 0.3) is 0 Å². The second kappa shape index (κ2) is 8.76. The summed E-state index contributed by atoms with van der Waals surface area (Å²) >= 11 is 0. The number of hydrogen-bond acceptors (Lipinski definition) is 2. The van der Waals surface area contributed by atoms with Crippen LogP contribution in [0.1, 0.15) is 57.6 Å². The Labute approximate surface area is 111 Å². The van der Waals surface area contributed by atoms with Crippen molar-refractivity contribution in [3.8, 4) is 0 Å². The molecule has 0 aliphatic carbocycles. The number of hydroxylamine groups is 1. The summed E-state index contributed by atoms with van der Waals surface area (Å²) in [6.45, 7) is 8.33. The van der Waals surface area contributed by atoms with Gasteiger partial charge in [-0.1, -0.05) is 63.6 Å². The summed E-state index contributed by atoms with van der Waals surface area (Å²) in [5.41, 5.74) is 5.19. The van der Waals surface area contributed by atoms with E-state index >= 15 is 0 Å². The lowest BCUT2D eigenvalue weighted by atomic mass is 10.1. The maximum absolute atomic E-state index is 5.78. The molecule has 100 valence electrons. The second-order valence-electron chi connectivity index (χ2n) is 4.62. The third kappa shape index (κ3) is 5.37. The number of benzene rings is 1. The van der Waals surface area contributed by atoms with Crippen molar-refractivity contribution >= 4 is 0 Å². The molecule has 0 spiro atoms. The van der Waals surface area contributed by atoms with Gasteiger partial charge in [0.1, 0.15) is 6.10 Å². The minimum Gasteiger partial charge on any atom is -0.271 e. The Morgan fingerprint density at radius 2 is 1.94 bits per heavy atom. The third-order valence-corrected chi connectivity index (χ3v) is 2.90. The maximum Gasteiger partial charge on any atom is 0.110 e. The van der Waals surface area contributed by atoms with Crippen molar-refractivity contribution in [3.05, 3.63) is 48.2 Å². The first-order valence-electron chi connectivity index (χ1n) is 6.92. The Hall–Kier alpha value is -1.28. The van der Waals surface area contributed by atoms with Crippen LogP contribution in [0.3, 0.4) is 0 Å². The zero-order chi connectivity index (χ0) is 13.2. The number of allylic oxidation sites excluding steroid dienone is 1. The molecule has 0 amide bonds. The van der Waals surface area contributed by atoms with Crippen molar-refractivity contribution in [1.29, 1.82) is 0 Å². The van der Waals surface area contributed by atoms with E-state index in [2.05, 4.69) is 38.0 Å². The molecule has 2 nitrogen and oxygen atoms in total. The standard InChI is InChI=1S/C16H25NO/c1-4-6-11-14(3)17-18-16(10-5-2)15-12-8-7-9-13-15/h7-9,12-13,16-17H,3-6,10-11H2,1-2H3. The topological polar surface area (TPSA) is 21.3 Å². The van der Waals surface area contributed by atoms with Crippen LogP contribution < -0.4 is 5.48 Å². The fraction of sp³-hybridized carbons (Fsp3) is 0.500. The van der Waals surface area contributed by atoms with Crippen LogP contribution in [-0.2, 0) is 4.84 Å². The van der Waals surface area contributed by atoms with Gasteiger partial charge in [0, 0.05) is 5.70 Å². The lowest BCUT2D eigenvalue weighted by Gasteiger charge is -2.19. The molecule has 0 saturated carbocycles. The molecule has 1 rings (SSSR count). The molecule has 0 radical (unpaired) electrons. The number of rotatable bonds is 9. The van der Waals surface area contributed by atoms with Crippen LogP contribution in [0.5, 0.6) is 0 Å². The Balaban J connectivity index is 2.46. The number of nitrogens with one attached hydrogen (secondary N) is 1. The molecule has 0 aromatic heterocycles. The van der Waals surface area contributed by atoms with Gasteiger partial charge in [-0.15, -0.1) is 0 Å². The molecule has 0 saturated heterocycles. The molecule has 1 aromatic rings. The van der Waals surface area contributed by atoms with Gasteiger partial charge in [-0.2, -0.15) is 0 Å². The lowest BCUT2D eigenvalue weighted by Crippen LogP contribution is -2.18. The highest BCUT2D eigenvalue weighted by Gasteiger charge is 2.11. The monoisotopic (exact) mass is 247 g/mol. The molecule has 1 aromatic carbocycles. The van der Waals surface area contributed by atoms with Gasteiger partial charge in [0.25, 0.3) is 0 Å². The van der Waals surface area contributed by atoms with Crippen molar-refractivity contribution in [2.45, 2.75) is 52.1 Å². The van der Waals surface area contributed by atoms with Gasteiger partial charge in [0.15, 0.2) is 0 Å². The van der Waals surface area contributed by atoms with Crippen molar-refractivity contribution in [3.63, 3.8) is 0 Å². The van der Waals surface area contributed by atoms with Crippen LogP contribution in [0, 0.1) is 0 Å². The Morgan fingerprint density at radius 3 is 2.56 bits per heavy atom. The zero-order valence-corrected chi connectivity index (χ0v) is 11.6. The molecule has 0 aliphatic heterocycles. The van der Waals surface area contributed by atoms with E-state index in [0.717, 1.165) is 31.4 Å². The van der Waals surface area contributed by atoms with E-state index in [9.17, 15) is 0 Å². The average Bonchev–Trinajstić information content (AvgIpc) is 2.42. The molecule has 0 heterocycles. The zero-order valence-electron chi connectivity index (χ0n) is 11.6. The highest BCUT2D eigenvalue weighted by atomic mass is 16.7. The maximum atomic E-state index is 5.78. The van der Waals surface area contributed by atoms with E-state index in [-0.39, 0.29) is 6.10 Å². The smallest absolute Gasteiger partial charge is 0.110 e. The van der Waals surface area contributed by atoms with E-state index in [4.69, 9.17) is 4.84 Å². The van der Waals surface area contributed by atoms with E-state index < -0.39 is 0 Å². The van der Waals surface area contributed by atoms with Gasteiger partial charge >= 0.3 is 0 Å². The third-order valence-electron chi connectivity index (χ3n) is 2.90. The predicted octanol–water partition coefficient (Wildman–Crippen LogP) is 4.75. The van der Waals surface area contributed by atoms with E-state index in [1.807, 2.05) is 18.2 Å². The average molecular weight is 247 g/mol. The lowest BCUT2D eigenvalue weighted by molar-refractivity contribution is -0.0158. The summed E-state index contributed by atoms with van der Waals surface area (Å²) in [5, 5.41) is 0. The summed E-state index contributed by atoms with van der Waals surface area (Å²) in [4.78, 5) is 5.78. The van der Waals surface area contributed by atoms with E-state index in [1.54, 1.807) is 0 Å². The molecule has 0 fully saturated rings. The predicted molar refractivity (Wildman–Crippen MR) is 77.0 cm³/mol. The first-order valence-corrected chi connectivity index (χ1v) is 6.92. The Morgan fingerprint density at radius 1 is 1.22 bits per heavy atom. The summed E-state index contributed by atoms with van der Waals surface area (Å²) in [5.74, 6) is 0. The first-order chi connectivity index (χ1) is 8.77. The van der Waals surface area contributed by atoms with Crippen molar-refractivity contribution in [2.24, 2.45) is 0 Å². The molecule has 0 bridgehead atoms. The SMILES string of the molecule is C=C(CCCC)NOC(CCC)c1ccccc1. The molecular formula is C16H25NO. The van der Waals surface area contributed by atoms with Crippen molar-refractivity contribution < 1.29 is 4.84 Å². The van der Waals surface area contributed by atoms with Crippen LogP contribution >= 0.6 is 0 Å². The van der Waals surface area contributed by atoms with E-state index in [1.165, 1.54) is 12.0 Å². The van der Waals surface area contributed by atoms with Gasteiger partial charge in [-0.3, -0.25) is 10.3 Å². The normalized spacial score (nSPS) is 12.1. The summed E-state index contributed by atoms with van der Waals surface area (Å²) in [6.07, 6.45) is 5.52.